The Hall–Kier alpha value is -1.35. The van der Waals surface area contributed by atoms with Gasteiger partial charge >= 0.3 is 0 Å². The van der Waals surface area contributed by atoms with E-state index in [-0.39, 0.29) is 5.92 Å². The Morgan fingerprint density at radius 1 is 1.25 bits per heavy atom. The molecule has 1 fully saturated rings. The zero-order valence-electron chi connectivity index (χ0n) is 9.32. The molecule has 0 unspecified atom stereocenters. The maximum atomic E-state index is 11.9. The molecular formula is C13H17NO2. The second kappa shape index (κ2) is 5.66. The molecule has 1 aliphatic rings. The Kier molecular flexibility index (Phi) is 3.94. The number of ether oxygens (including phenoxy) is 1. The Bertz CT molecular complexity index is 331. The first-order chi connectivity index (χ1) is 7.86. The van der Waals surface area contributed by atoms with E-state index in [9.17, 15) is 4.79 Å². The molecule has 2 rings (SSSR count). The van der Waals surface area contributed by atoms with Gasteiger partial charge in [-0.15, -0.1) is 0 Å². The molecule has 1 heterocycles. The molecular weight excluding hydrogens is 202 g/mol. The van der Waals surface area contributed by atoms with Gasteiger partial charge in [0.15, 0.2) is 5.78 Å². The lowest BCUT2D eigenvalue weighted by Crippen LogP contribution is -2.28. The van der Waals surface area contributed by atoms with E-state index in [4.69, 9.17) is 4.74 Å². The van der Waals surface area contributed by atoms with Crippen molar-refractivity contribution < 1.29 is 9.53 Å². The highest BCUT2D eigenvalue weighted by molar-refractivity contribution is 5.85. The third-order valence-corrected chi connectivity index (χ3v) is 2.92. The van der Waals surface area contributed by atoms with Crippen molar-refractivity contribution in [2.45, 2.75) is 12.8 Å². The number of carbonyl (C=O) groups is 1. The minimum atomic E-state index is 0.185. The van der Waals surface area contributed by atoms with Gasteiger partial charge < -0.3 is 10.1 Å². The number of nitrogens with one attached hydrogen (secondary N) is 1. The number of anilines is 1. The molecule has 0 amide bonds. The number of rotatable bonds is 4. The summed E-state index contributed by atoms with van der Waals surface area (Å²) in [5.74, 6) is 0.483. The van der Waals surface area contributed by atoms with Crippen LogP contribution in [-0.4, -0.2) is 25.5 Å². The molecule has 0 aliphatic carbocycles. The highest BCUT2D eigenvalue weighted by Crippen LogP contribution is 2.16. The number of benzene rings is 1. The number of hydrogen-bond donors (Lipinski definition) is 1. The van der Waals surface area contributed by atoms with E-state index in [0.29, 0.717) is 12.3 Å². The van der Waals surface area contributed by atoms with Crippen LogP contribution in [0.5, 0.6) is 0 Å². The summed E-state index contributed by atoms with van der Waals surface area (Å²) in [6.45, 7) is 1.87. The monoisotopic (exact) mass is 219 g/mol. The molecule has 0 radical (unpaired) electrons. The van der Waals surface area contributed by atoms with Crippen LogP contribution < -0.4 is 5.32 Å². The Labute approximate surface area is 95.8 Å². The fourth-order valence-electron chi connectivity index (χ4n) is 1.91. The van der Waals surface area contributed by atoms with Gasteiger partial charge in [-0.1, -0.05) is 18.2 Å². The lowest BCUT2D eigenvalue weighted by atomic mass is 9.95. The molecule has 3 heteroatoms. The largest absolute Gasteiger partial charge is 0.381 e. The summed E-state index contributed by atoms with van der Waals surface area (Å²) in [5, 5.41) is 3.15. The molecule has 0 aromatic heterocycles. The lowest BCUT2D eigenvalue weighted by Gasteiger charge is -2.21. The van der Waals surface area contributed by atoms with Gasteiger partial charge in [0, 0.05) is 24.8 Å². The standard InChI is InChI=1S/C13H17NO2/c15-13(11-6-8-16-9-7-11)10-14-12-4-2-1-3-5-12/h1-5,11,14H,6-10H2. The summed E-state index contributed by atoms with van der Waals surface area (Å²) in [6.07, 6.45) is 1.74. The number of hydrogen-bond acceptors (Lipinski definition) is 3. The van der Waals surface area contributed by atoms with Gasteiger partial charge in [0.05, 0.1) is 6.54 Å². The summed E-state index contributed by atoms with van der Waals surface area (Å²) in [4.78, 5) is 11.9. The van der Waals surface area contributed by atoms with Crippen LogP contribution in [0.3, 0.4) is 0 Å². The van der Waals surface area contributed by atoms with Gasteiger partial charge in [-0.2, -0.15) is 0 Å². The van der Waals surface area contributed by atoms with Crippen LogP contribution in [0.4, 0.5) is 5.69 Å². The van der Waals surface area contributed by atoms with E-state index in [1.807, 2.05) is 30.3 Å². The van der Waals surface area contributed by atoms with E-state index in [0.717, 1.165) is 31.7 Å². The normalized spacial score (nSPS) is 17.0. The SMILES string of the molecule is O=C(CNc1ccccc1)C1CCOCC1. The van der Waals surface area contributed by atoms with Crippen LogP contribution in [0, 0.1) is 5.92 Å². The van der Waals surface area contributed by atoms with Crippen LogP contribution in [0.15, 0.2) is 30.3 Å². The van der Waals surface area contributed by atoms with Gasteiger partial charge in [0.1, 0.15) is 0 Å². The predicted molar refractivity (Wildman–Crippen MR) is 63.5 cm³/mol. The summed E-state index contributed by atoms with van der Waals surface area (Å²) in [5.41, 5.74) is 1.00. The molecule has 1 aromatic carbocycles. The van der Waals surface area contributed by atoms with E-state index >= 15 is 0 Å². The Balaban J connectivity index is 1.79. The van der Waals surface area contributed by atoms with Crippen LogP contribution >= 0.6 is 0 Å². The fraction of sp³-hybridized carbons (Fsp3) is 0.462. The number of para-hydroxylation sites is 1. The number of Topliss-reactive ketones (excluding diaryl/α,β-unsaturated/α-hetero) is 1. The molecule has 0 saturated carbocycles. The van der Waals surface area contributed by atoms with Crippen LogP contribution in [0.1, 0.15) is 12.8 Å². The Morgan fingerprint density at radius 2 is 1.94 bits per heavy atom. The Morgan fingerprint density at radius 3 is 2.62 bits per heavy atom. The van der Waals surface area contributed by atoms with E-state index in [1.54, 1.807) is 0 Å². The maximum Gasteiger partial charge on any atom is 0.155 e. The van der Waals surface area contributed by atoms with E-state index in [1.165, 1.54) is 0 Å². The molecule has 0 atom stereocenters. The quantitative estimate of drug-likeness (QED) is 0.842. The summed E-state index contributed by atoms with van der Waals surface area (Å²) in [7, 11) is 0. The van der Waals surface area contributed by atoms with Crippen LogP contribution in [-0.2, 0) is 9.53 Å². The first kappa shape index (κ1) is 11.1. The summed E-state index contributed by atoms with van der Waals surface area (Å²) >= 11 is 0. The van der Waals surface area contributed by atoms with Crippen molar-refractivity contribution >= 4 is 11.5 Å². The smallest absolute Gasteiger partial charge is 0.155 e. The van der Waals surface area contributed by atoms with Gasteiger partial charge in [-0.05, 0) is 25.0 Å². The molecule has 1 saturated heterocycles. The maximum absolute atomic E-state index is 11.9. The molecule has 0 spiro atoms. The fourth-order valence-corrected chi connectivity index (χ4v) is 1.91. The third-order valence-electron chi connectivity index (χ3n) is 2.92. The lowest BCUT2D eigenvalue weighted by molar-refractivity contribution is -0.123. The van der Waals surface area contributed by atoms with Crippen molar-refractivity contribution in [3.63, 3.8) is 0 Å². The van der Waals surface area contributed by atoms with Crippen LogP contribution in [0.2, 0.25) is 0 Å². The van der Waals surface area contributed by atoms with Crippen molar-refractivity contribution in [2.24, 2.45) is 5.92 Å². The highest BCUT2D eigenvalue weighted by Gasteiger charge is 2.20. The van der Waals surface area contributed by atoms with Crippen molar-refractivity contribution in [3.05, 3.63) is 30.3 Å². The first-order valence-corrected chi connectivity index (χ1v) is 5.75. The summed E-state index contributed by atoms with van der Waals surface area (Å²) in [6, 6.07) is 9.82. The third kappa shape index (κ3) is 3.07. The second-order valence-corrected chi connectivity index (χ2v) is 4.07. The first-order valence-electron chi connectivity index (χ1n) is 5.75. The van der Waals surface area contributed by atoms with Crippen molar-refractivity contribution in [1.29, 1.82) is 0 Å². The number of ketones is 1. The molecule has 1 aliphatic heterocycles. The molecule has 0 bridgehead atoms. The molecule has 1 aromatic rings. The van der Waals surface area contributed by atoms with Crippen molar-refractivity contribution in [2.75, 3.05) is 25.1 Å². The topological polar surface area (TPSA) is 38.3 Å². The van der Waals surface area contributed by atoms with Crippen molar-refractivity contribution in [1.82, 2.24) is 0 Å². The zero-order valence-corrected chi connectivity index (χ0v) is 9.32. The van der Waals surface area contributed by atoms with Gasteiger partial charge in [-0.3, -0.25) is 4.79 Å². The van der Waals surface area contributed by atoms with Gasteiger partial charge in [0.2, 0.25) is 0 Å². The number of carbonyl (C=O) groups excluding carboxylic acids is 1. The second-order valence-electron chi connectivity index (χ2n) is 4.07. The van der Waals surface area contributed by atoms with E-state index < -0.39 is 0 Å². The predicted octanol–water partition coefficient (Wildman–Crippen LogP) is 2.09. The van der Waals surface area contributed by atoms with Gasteiger partial charge in [0.25, 0.3) is 0 Å². The average molecular weight is 219 g/mol. The highest BCUT2D eigenvalue weighted by atomic mass is 16.5. The average Bonchev–Trinajstić information content (AvgIpc) is 2.38. The van der Waals surface area contributed by atoms with Gasteiger partial charge in [-0.25, -0.2) is 0 Å². The zero-order chi connectivity index (χ0) is 11.2. The van der Waals surface area contributed by atoms with Crippen LogP contribution in [0.25, 0.3) is 0 Å². The molecule has 3 nitrogen and oxygen atoms in total. The molecule has 1 N–H and O–H groups in total. The minimum absolute atomic E-state index is 0.185. The summed E-state index contributed by atoms with van der Waals surface area (Å²) < 4.78 is 5.24. The van der Waals surface area contributed by atoms with E-state index in [2.05, 4.69) is 5.32 Å². The molecule has 86 valence electrons. The molecule has 16 heavy (non-hydrogen) atoms. The minimum Gasteiger partial charge on any atom is -0.381 e. The van der Waals surface area contributed by atoms with Crippen molar-refractivity contribution in [3.8, 4) is 0 Å².